The monoisotopic (exact) mass is 218 g/mol. The summed E-state index contributed by atoms with van der Waals surface area (Å²) >= 11 is 0. The zero-order valence-electron chi connectivity index (χ0n) is 10.2. The molecular weight excluding hydrogens is 192 g/mol. The summed E-state index contributed by atoms with van der Waals surface area (Å²) in [5.74, 6) is 0.861. The van der Waals surface area contributed by atoms with Crippen LogP contribution in [0.25, 0.3) is 0 Å². The lowest BCUT2D eigenvalue weighted by Gasteiger charge is -2.28. The molecule has 0 saturated carbocycles. The van der Waals surface area contributed by atoms with Crippen molar-refractivity contribution in [3.63, 3.8) is 0 Å². The van der Waals surface area contributed by atoms with Gasteiger partial charge in [-0.25, -0.2) is 0 Å². The van der Waals surface area contributed by atoms with Crippen LogP contribution in [0, 0.1) is 5.92 Å². The highest BCUT2D eigenvalue weighted by Crippen LogP contribution is 2.22. The van der Waals surface area contributed by atoms with Crippen LogP contribution in [-0.4, -0.2) is 17.4 Å². The first-order valence-corrected chi connectivity index (χ1v) is 11.4. The molecule has 0 aromatic rings. The number of rotatable bonds is 6. The van der Waals surface area contributed by atoms with Crippen molar-refractivity contribution in [1.82, 2.24) is 0 Å². The van der Waals surface area contributed by atoms with Crippen LogP contribution in [-0.2, 0) is 4.12 Å². The maximum Gasteiger partial charge on any atom is 0.173 e. The third-order valence-corrected chi connectivity index (χ3v) is 8.29. The van der Waals surface area contributed by atoms with E-state index in [0.717, 1.165) is 5.92 Å². The summed E-state index contributed by atoms with van der Waals surface area (Å²) in [5, 5.41) is 0. The van der Waals surface area contributed by atoms with Crippen molar-refractivity contribution in [2.24, 2.45) is 5.92 Å². The van der Waals surface area contributed by atoms with Crippen LogP contribution in [0.1, 0.15) is 26.7 Å². The van der Waals surface area contributed by atoms with Gasteiger partial charge in [0, 0.05) is 0 Å². The fourth-order valence-electron chi connectivity index (χ4n) is 2.12. The van der Waals surface area contributed by atoms with Gasteiger partial charge in [0.05, 0.1) is 0 Å². The van der Waals surface area contributed by atoms with Gasteiger partial charge in [0.15, 0.2) is 17.4 Å². The van der Waals surface area contributed by atoms with Gasteiger partial charge in [0.25, 0.3) is 0 Å². The van der Waals surface area contributed by atoms with E-state index >= 15 is 0 Å². The molecule has 13 heavy (non-hydrogen) atoms. The first kappa shape index (κ1) is 13.4. The van der Waals surface area contributed by atoms with E-state index in [1.54, 1.807) is 0 Å². The summed E-state index contributed by atoms with van der Waals surface area (Å²) in [5.41, 5.74) is 0. The van der Waals surface area contributed by atoms with E-state index in [9.17, 15) is 0 Å². The standard InChI is InChI=1S/C10H26OSi2/c1-7-8-10(2)9-13(5,6)11-12(3)4/h10,12H,7-9H2,1-6H3. The van der Waals surface area contributed by atoms with Crippen molar-refractivity contribution >= 4 is 17.4 Å². The topological polar surface area (TPSA) is 9.23 Å². The van der Waals surface area contributed by atoms with Crippen LogP contribution in [0.4, 0.5) is 0 Å². The predicted molar refractivity (Wildman–Crippen MR) is 66.3 cm³/mol. The molecule has 0 saturated heterocycles. The van der Waals surface area contributed by atoms with Crippen molar-refractivity contribution in [2.45, 2.75) is 58.9 Å². The lowest BCUT2D eigenvalue weighted by Crippen LogP contribution is -2.36. The Morgan fingerprint density at radius 2 is 1.85 bits per heavy atom. The van der Waals surface area contributed by atoms with Gasteiger partial charge in [0.2, 0.25) is 0 Å². The highest BCUT2D eigenvalue weighted by molar-refractivity contribution is 6.77. The molecule has 0 heterocycles. The lowest BCUT2D eigenvalue weighted by atomic mass is 10.1. The highest BCUT2D eigenvalue weighted by atomic mass is 28.4. The Balaban J connectivity index is 3.85. The molecule has 1 atom stereocenters. The SMILES string of the molecule is CCCC(C)C[Si](C)(C)O[SiH](C)C. The summed E-state index contributed by atoms with van der Waals surface area (Å²) in [7, 11) is -2.12. The zero-order chi connectivity index (χ0) is 10.5. The van der Waals surface area contributed by atoms with E-state index in [-0.39, 0.29) is 0 Å². The van der Waals surface area contributed by atoms with Crippen molar-refractivity contribution < 1.29 is 4.12 Å². The number of hydrogen-bond donors (Lipinski definition) is 0. The second-order valence-electron chi connectivity index (χ2n) is 5.02. The smallest absolute Gasteiger partial charge is 0.173 e. The van der Waals surface area contributed by atoms with Crippen molar-refractivity contribution in [1.29, 1.82) is 0 Å². The maximum atomic E-state index is 6.13. The molecule has 0 radical (unpaired) electrons. The molecule has 0 aliphatic heterocycles. The molecule has 0 spiro atoms. The van der Waals surface area contributed by atoms with Crippen LogP contribution in [0.5, 0.6) is 0 Å². The van der Waals surface area contributed by atoms with E-state index in [2.05, 4.69) is 40.0 Å². The molecule has 1 nitrogen and oxygen atoms in total. The summed E-state index contributed by atoms with van der Waals surface area (Å²) in [6, 6.07) is 1.34. The molecule has 0 amide bonds. The minimum Gasteiger partial charge on any atom is -0.458 e. The summed E-state index contributed by atoms with van der Waals surface area (Å²) < 4.78 is 6.13. The Morgan fingerprint density at radius 1 is 1.31 bits per heavy atom. The lowest BCUT2D eigenvalue weighted by molar-refractivity contribution is 0.509. The minimum atomic E-state index is -1.30. The largest absolute Gasteiger partial charge is 0.458 e. The van der Waals surface area contributed by atoms with Gasteiger partial charge >= 0.3 is 0 Å². The minimum absolute atomic E-state index is 0.813. The molecular formula is C10H26OSi2. The van der Waals surface area contributed by atoms with Gasteiger partial charge in [-0.2, -0.15) is 0 Å². The molecule has 0 bridgehead atoms. The fraction of sp³-hybridized carbons (Fsp3) is 1.00. The van der Waals surface area contributed by atoms with Crippen molar-refractivity contribution in [3.05, 3.63) is 0 Å². The molecule has 0 fully saturated rings. The van der Waals surface area contributed by atoms with Gasteiger partial charge in [0.1, 0.15) is 0 Å². The van der Waals surface area contributed by atoms with Gasteiger partial charge < -0.3 is 4.12 Å². The van der Waals surface area contributed by atoms with E-state index in [0.29, 0.717) is 0 Å². The van der Waals surface area contributed by atoms with E-state index in [1.807, 2.05) is 0 Å². The van der Waals surface area contributed by atoms with Gasteiger partial charge in [-0.3, -0.25) is 0 Å². The van der Waals surface area contributed by atoms with Crippen LogP contribution in [0.3, 0.4) is 0 Å². The van der Waals surface area contributed by atoms with Crippen LogP contribution < -0.4 is 0 Å². The molecule has 0 aromatic heterocycles. The van der Waals surface area contributed by atoms with Crippen LogP contribution >= 0.6 is 0 Å². The quantitative estimate of drug-likeness (QED) is 0.619. The van der Waals surface area contributed by atoms with Gasteiger partial charge in [-0.05, 0) is 38.2 Å². The van der Waals surface area contributed by atoms with Crippen LogP contribution in [0.15, 0.2) is 0 Å². The fourth-order valence-corrected chi connectivity index (χ4v) is 9.49. The van der Waals surface area contributed by atoms with Crippen molar-refractivity contribution in [2.75, 3.05) is 0 Å². The molecule has 0 rings (SSSR count). The molecule has 80 valence electrons. The summed E-state index contributed by atoms with van der Waals surface area (Å²) in [4.78, 5) is 0. The third kappa shape index (κ3) is 7.46. The van der Waals surface area contributed by atoms with Crippen molar-refractivity contribution in [3.8, 4) is 0 Å². The summed E-state index contributed by atoms with van der Waals surface area (Å²) in [6.07, 6.45) is 2.67. The Bertz CT molecular complexity index is 135. The Labute approximate surface area is 86.7 Å². The molecule has 0 aromatic carbocycles. The second kappa shape index (κ2) is 5.99. The van der Waals surface area contributed by atoms with Gasteiger partial charge in [-0.15, -0.1) is 0 Å². The van der Waals surface area contributed by atoms with Gasteiger partial charge in [-0.1, -0.05) is 26.7 Å². The normalized spacial score (nSPS) is 15.0. The molecule has 1 unspecified atom stereocenters. The molecule has 0 aliphatic carbocycles. The maximum absolute atomic E-state index is 6.13. The molecule has 3 heteroatoms. The van der Waals surface area contributed by atoms with E-state index in [4.69, 9.17) is 4.12 Å². The van der Waals surface area contributed by atoms with Crippen LogP contribution in [0.2, 0.25) is 32.2 Å². The third-order valence-electron chi connectivity index (χ3n) is 2.18. The second-order valence-corrected chi connectivity index (χ2v) is 12.0. The molecule has 0 N–H and O–H groups in total. The first-order chi connectivity index (χ1) is 5.87. The average Bonchev–Trinajstić information content (AvgIpc) is 1.81. The average molecular weight is 218 g/mol. The summed E-state index contributed by atoms with van der Waals surface area (Å²) in [6.45, 7) is 13.9. The zero-order valence-corrected chi connectivity index (χ0v) is 12.3. The van der Waals surface area contributed by atoms with E-state index in [1.165, 1.54) is 18.9 Å². The Kier molecular flexibility index (Phi) is 6.17. The van der Waals surface area contributed by atoms with E-state index < -0.39 is 17.4 Å². The Hall–Kier alpha value is 0.394. The molecule has 0 aliphatic rings. The first-order valence-electron chi connectivity index (χ1n) is 5.55. The predicted octanol–water partition coefficient (Wildman–Crippen LogP) is 3.63. The highest BCUT2D eigenvalue weighted by Gasteiger charge is 2.25. The number of hydrogen-bond acceptors (Lipinski definition) is 1. The Morgan fingerprint density at radius 3 is 2.23 bits per heavy atom.